The number of allylic oxidation sites excluding steroid dienone is 4. The molecule has 0 heteroatoms. The lowest BCUT2D eigenvalue weighted by molar-refractivity contribution is 0.637. The normalized spacial score (nSPS) is 15.9. The molecule has 98 valence electrons. The van der Waals surface area contributed by atoms with Gasteiger partial charge in [-0.3, -0.25) is 0 Å². The Hall–Kier alpha value is -0.520. The van der Waals surface area contributed by atoms with Gasteiger partial charge in [-0.15, -0.1) is 0 Å². The highest BCUT2D eigenvalue weighted by Gasteiger charge is 2.04. The molecule has 1 aliphatic rings. The van der Waals surface area contributed by atoms with Crippen LogP contribution in [0.3, 0.4) is 0 Å². The molecule has 1 rings (SSSR count). The zero-order valence-corrected chi connectivity index (χ0v) is 11.7. The van der Waals surface area contributed by atoms with E-state index in [0.717, 1.165) is 0 Å². The van der Waals surface area contributed by atoms with Gasteiger partial charge in [-0.25, -0.2) is 0 Å². The molecule has 0 atom stereocenters. The van der Waals surface area contributed by atoms with Crippen LogP contribution in [0.5, 0.6) is 0 Å². The second-order valence-electron chi connectivity index (χ2n) is 5.32. The van der Waals surface area contributed by atoms with Gasteiger partial charge in [0, 0.05) is 0 Å². The molecule has 0 aromatic carbocycles. The molecule has 0 radical (unpaired) electrons. The maximum Gasteiger partial charge on any atom is -0.0313 e. The molecule has 0 aromatic heterocycles. The average Bonchev–Trinajstić information content (AvgIpc) is 2.85. The van der Waals surface area contributed by atoms with Crippen molar-refractivity contribution in [1.29, 1.82) is 0 Å². The summed E-state index contributed by atoms with van der Waals surface area (Å²) in [6.07, 6.45) is 23.7. The molecule has 0 N–H and O–H groups in total. The van der Waals surface area contributed by atoms with Gasteiger partial charge in [0.1, 0.15) is 0 Å². The fourth-order valence-electron chi connectivity index (χ4n) is 2.52. The van der Waals surface area contributed by atoms with Gasteiger partial charge in [-0.05, 0) is 51.4 Å². The molecule has 0 aliphatic heterocycles. The highest BCUT2D eigenvalue weighted by molar-refractivity contribution is 5.06. The second-order valence-corrected chi connectivity index (χ2v) is 5.32. The highest BCUT2D eigenvalue weighted by Crippen LogP contribution is 2.24. The smallest absolute Gasteiger partial charge is 0.0313 e. The average molecular weight is 234 g/mol. The van der Waals surface area contributed by atoms with Crippen LogP contribution < -0.4 is 0 Å². The summed E-state index contributed by atoms with van der Waals surface area (Å²) in [7, 11) is 0. The van der Waals surface area contributed by atoms with Crippen molar-refractivity contribution in [3.05, 3.63) is 23.8 Å². The van der Waals surface area contributed by atoms with Crippen LogP contribution in [0.4, 0.5) is 0 Å². The van der Waals surface area contributed by atoms with Gasteiger partial charge in [0.25, 0.3) is 0 Å². The zero-order valence-electron chi connectivity index (χ0n) is 11.7. The lowest BCUT2D eigenvalue weighted by Gasteiger charge is -1.96. The maximum absolute atomic E-state index is 2.48. The summed E-state index contributed by atoms with van der Waals surface area (Å²) in [5.74, 6) is 0. The monoisotopic (exact) mass is 234 g/mol. The number of rotatable bonds is 9. The van der Waals surface area contributed by atoms with Crippen molar-refractivity contribution in [2.24, 2.45) is 0 Å². The summed E-state index contributed by atoms with van der Waals surface area (Å²) in [6.45, 7) is 2.28. The van der Waals surface area contributed by atoms with E-state index in [4.69, 9.17) is 0 Å². The number of unbranched alkanes of at least 4 members (excludes halogenated alkanes) is 6. The van der Waals surface area contributed by atoms with E-state index in [9.17, 15) is 0 Å². The molecule has 0 unspecified atom stereocenters. The first-order valence-electron chi connectivity index (χ1n) is 7.76. The molecule has 0 nitrogen and oxygen atoms in total. The Morgan fingerprint density at radius 3 is 2.29 bits per heavy atom. The number of hydrogen-bond acceptors (Lipinski definition) is 0. The fourth-order valence-corrected chi connectivity index (χ4v) is 2.52. The van der Waals surface area contributed by atoms with Crippen molar-refractivity contribution in [2.45, 2.75) is 84.0 Å². The Bertz CT molecular complexity index is 214. The summed E-state index contributed by atoms with van der Waals surface area (Å²) in [5, 5.41) is 0. The number of hydrogen-bond donors (Lipinski definition) is 0. The van der Waals surface area contributed by atoms with Crippen molar-refractivity contribution in [3.8, 4) is 0 Å². The summed E-state index contributed by atoms with van der Waals surface area (Å²) in [6, 6.07) is 0. The Morgan fingerprint density at radius 2 is 1.53 bits per heavy atom. The van der Waals surface area contributed by atoms with E-state index in [1.807, 2.05) is 0 Å². The largest absolute Gasteiger partial charge is 0.0885 e. The molecule has 1 saturated carbocycles. The lowest BCUT2D eigenvalue weighted by Crippen LogP contribution is -1.76. The van der Waals surface area contributed by atoms with E-state index in [-0.39, 0.29) is 0 Å². The first-order chi connectivity index (χ1) is 8.43. The van der Waals surface area contributed by atoms with Crippen LogP contribution in [0, 0.1) is 0 Å². The Labute approximate surface area is 108 Å². The third-order valence-electron chi connectivity index (χ3n) is 3.65. The molecule has 0 heterocycles. The minimum Gasteiger partial charge on any atom is -0.0885 e. The Kier molecular flexibility index (Phi) is 9.09. The molecule has 0 spiro atoms. The van der Waals surface area contributed by atoms with E-state index in [2.05, 4.69) is 25.2 Å². The topological polar surface area (TPSA) is 0 Å². The van der Waals surface area contributed by atoms with Crippen LogP contribution in [0.1, 0.15) is 84.0 Å². The predicted molar refractivity (Wildman–Crippen MR) is 78.3 cm³/mol. The van der Waals surface area contributed by atoms with Crippen LogP contribution in [-0.2, 0) is 0 Å². The van der Waals surface area contributed by atoms with E-state index < -0.39 is 0 Å². The van der Waals surface area contributed by atoms with Crippen molar-refractivity contribution < 1.29 is 0 Å². The van der Waals surface area contributed by atoms with Gasteiger partial charge >= 0.3 is 0 Å². The Morgan fingerprint density at radius 1 is 0.824 bits per heavy atom. The molecule has 0 saturated heterocycles. The molecule has 1 fully saturated rings. The van der Waals surface area contributed by atoms with Crippen molar-refractivity contribution in [3.63, 3.8) is 0 Å². The minimum atomic E-state index is 1.25. The molecule has 0 bridgehead atoms. The van der Waals surface area contributed by atoms with Crippen LogP contribution in [0.15, 0.2) is 23.8 Å². The highest BCUT2D eigenvalue weighted by atomic mass is 14.1. The van der Waals surface area contributed by atoms with Crippen molar-refractivity contribution >= 4 is 0 Å². The van der Waals surface area contributed by atoms with Gasteiger partial charge in [-0.1, -0.05) is 56.4 Å². The quantitative estimate of drug-likeness (QED) is 0.330. The zero-order chi connectivity index (χ0) is 12.2. The SMILES string of the molecule is CCCCCCC/C=C/CCC=C1CCCC1. The lowest BCUT2D eigenvalue weighted by atomic mass is 10.1. The van der Waals surface area contributed by atoms with Crippen LogP contribution in [0.25, 0.3) is 0 Å². The molecular formula is C17H30. The fraction of sp³-hybridized carbons (Fsp3) is 0.765. The van der Waals surface area contributed by atoms with E-state index >= 15 is 0 Å². The molecule has 17 heavy (non-hydrogen) atoms. The molecule has 1 aliphatic carbocycles. The van der Waals surface area contributed by atoms with Gasteiger partial charge in [0.15, 0.2) is 0 Å². The standard InChI is InChI=1S/C17H30/c1-2-3-4-5-6-7-8-9-10-11-14-17-15-12-13-16-17/h8-9,14H,2-7,10-13,15-16H2,1H3/b9-8+. The molecular weight excluding hydrogens is 204 g/mol. The van der Waals surface area contributed by atoms with E-state index in [1.165, 1.54) is 77.0 Å². The predicted octanol–water partition coefficient (Wildman–Crippen LogP) is 6.18. The van der Waals surface area contributed by atoms with Gasteiger partial charge in [0.2, 0.25) is 0 Å². The van der Waals surface area contributed by atoms with E-state index in [0.29, 0.717) is 0 Å². The van der Waals surface area contributed by atoms with Crippen LogP contribution in [-0.4, -0.2) is 0 Å². The van der Waals surface area contributed by atoms with Crippen molar-refractivity contribution in [1.82, 2.24) is 0 Å². The van der Waals surface area contributed by atoms with Gasteiger partial charge in [-0.2, -0.15) is 0 Å². The summed E-state index contributed by atoms with van der Waals surface area (Å²) < 4.78 is 0. The van der Waals surface area contributed by atoms with Gasteiger partial charge in [0.05, 0.1) is 0 Å². The summed E-state index contributed by atoms with van der Waals surface area (Å²) in [4.78, 5) is 0. The van der Waals surface area contributed by atoms with Crippen molar-refractivity contribution in [2.75, 3.05) is 0 Å². The van der Waals surface area contributed by atoms with Crippen LogP contribution in [0.2, 0.25) is 0 Å². The summed E-state index contributed by atoms with van der Waals surface area (Å²) in [5.41, 5.74) is 1.72. The first-order valence-corrected chi connectivity index (χ1v) is 7.76. The first kappa shape index (κ1) is 14.5. The minimum absolute atomic E-state index is 1.25. The second kappa shape index (κ2) is 10.6. The molecule has 0 amide bonds. The third kappa shape index (κ3) is 8.24. The third-order valence-corrected chi connectivity index (χ3v) is 3.65. The van der Waals surface area contributed by atoms with E-state index in [1.54, 1.807) is 5.57 Å². The van der Waals surface area contributed by atoms with Gasteiger partial charge < -0.3 is 0 Å². The Balaban J connectivity index is 1.86. The summed E-state index contributed by atoms with van der Waals surface area (Å²) >= 11 is 0. The van der Waals surface area contributed by atoms with Crippen LogP contribution >= 0.6 is 0 Å². The molecule has 0 aromatic rings. The maximum atomic E-state index is 2.48.